The number of sulfonamides is 1. The highest BCUT2D eigenvalue weighted by atomic mass is 35.5. The molecule has 1 N–H and O–H groups in total. The monoisotopic (exact) mass is 296 g/mol. The van der Waals surface area contributed by atoms with Gasteiger partial charge in [0, 0.05) is 11.2 Å². The lowest BCUT2D eigenvalue weighted by atomic mass is 10.2. The van der Waals surface area contributed by atoms with E-state index in [4.69, 9.17) is 11.6 Å². The van der Waals surface area contributed by atoms with Crippen LogP contribution in [0.4, 0.5) is 0 Å². The summed E-state index contributed by atoms with van der Waals surface area (Å²) in [5, 5.41) is 0.383. The van der Waals surface area contributed by atoms with Gasteiger partial charge in [-0.3, -0.25) is 4.98 Å². The first-order valence-corrected chi connectivity index (χ1v) is 7.54. The van der Waals surface area contributed by atoms with Gasteiger partial charge in [-0.2, -0.15) is 0 Å². The Morgan fingerprint density at radius 3 is 2.63 bits per heavy atom. The van der Waals surface area contributed by atoms with E-state index in [0.29, 0.717) is 10.7 Å². The van der Waals surface area contributed by atoms with Crippen LogP contribution in [0.15, 0.2) is 53.6 Å². The van der Waals surface area contributed by atoms with Crippen LogP contribution in [0.1, 0.15) is 18.7 Å². The number of pyridine rings is 1. The summed E-state index contributed by atoms with van der Waals surface area (Å²) in [4.78, 5) is 4.26. The van der Waals surface area contributed by atoms with E-state index in [-0.39, 0.29) is 4.90 Å². The molecule has 1 aromatic carbocycles. The molecule has 2 aromatic rings. The summed E-state index contributed by atoms with van der Waals surface area (Å²) in [6.45, 7) is 1.74. The first kappa shape index (κ1) is 14.0. The molecule has 0 spiro atoms. The fourth-order valence-electron chi connectivity index (χ4n) is 1.63. The van der Waals surface area contributed by atoms with E-state index >= 15 is 0 Å². The molecule has 0 unspecified atom stereocenters. The number of benzene rings is 1. The zero-order chi connectivity index (χ0) is 13.9. The van der Waals surface area contributed by atoms with Crippen molar-refractivity contribution in [2.45, 2.75) is 17.9 Å². The average molecular weight is 297 g/mol. The second-order valence-corrected chi connectivity index (χ2v) is 6.21. The van der Waals surface area contributed by atoms with Crippen LogP contribution in [0.25, 0.3) is 0 Å². The quantitative estimate of drug-likeness (QED) is 0.944. The van der Waals surface area contributed by atoms with E-state index in [1.165, 1.54) is 12.1 Å². The second kappa shape index (κ2) is 5.69. The third-order valence-electron chi connectivity index (χ3n) is 2.57. The number of hydrogen-bond donors (Lipinski definition) is 1. The summed E-state index contributed by atoms with van der Waals surface area (Å²) >= 11 is 5.80. The average Bonchev–Trinajstić information content (AvgIpc) is 2.39. The highest BCUT2D eigenvalue weighted by molar-refractivity contribution is 7.89. The standard InChI is InChI=1S/C13H13ClN2O2S/c1-10(13-7-2-3-8-15-13)16-19(17,18)12-6-4-5-11(14)9-12/h2-10,16H,1H3/t10-/m1/s1. The van der Waals surface area contributed by atoms with Crippen LogP contribution in [-0.2, 0) is 10.0 Å². The van der Waals surface area contributed by atoms with Gasteiger partial charge in [0.15, 0.2) is 0 Å². The van der Waals surface area contributed by atoms with E-state index in [0.717, 1.165) is 0 Å². The Morgan fingerprint density at radius 1 is 1.21 bits per heavy atom. The fraction of sp³-hybridized carbons (Fsp3) is 0.154. The SMILES string of the molecule is C[C@@H](NS(=O)(=O)c1cccc(Cl)c1)c1ccccn1. The number of halogens is 1. The minimum absolute atomic E-state index is 0.141. The lowest BCUT2D eigenvalue weighted by Crippen LogP contribution is -2.27. The van der Waals surface area contributed by atoms with Gasteiger partial charge in [-0.15, -0.1) is 0 Å². The molecule has 19 heavy (non-hydrogen) atoms. The molecule has 0 aliphatic rings. The maximum absolute atomic E-state index is 12.2. The van der Waals surface area contributed by atoms with Gasteiger partial charge in [0.25, 0.3) is 0 Å². The maximum atomic E-state index is 12.2. The van der Waals surface area contributed by atoms with Crippen LogP contribution < -0.4 is 4.72 Å². The molecule has 1 aromatic heterocycles. The molecular formula is C13H13ClN2O2S. The minimum Gasteiger partial charge on any atom is -0.260 e. The number of rotatable bonds is 4. The van der Waals surface area contributed by atoms with Crippen LogP contribution >= 0.6 is 11.6 Å². The molecule has 4 nitrogen and oxygen atoms in total. The molecule has 0 aliphatic heterocycles. The van der Waals surface area contributed by atoms with Crippen molar-refractivity contribution >= 4 is 21.6 Å². The van der Waals surface area contributed by atoms with E-state index in [1.54, 1.807) is 37.4 Å². The molecule has 0 aliphatic carbocycles. The summed E-state index contributed by atoms with van der Waals surface area (Å²) in [6, 6.07) is 11.1. The predicted molar refractivity (Wildman–Crippen MR) is 74.4 cm³/mol. The Morgan fingerprint density at radius 2 is 2.00 bits per heavy atom. The largest absolute Gasteiger partial charge is 0.260 e. The molecule has 0 amide bonds. The molecule has 1 heterocycles. The lowest BCUT2D eigenvalue weighted by molar-refractivity contribution is 0.564. The van der Waals surface area contributed by atoms with Crippen LogP contribution in [0.2, 0.25) is 5.02 Å². The molecule has 0 fully saturated rings. The third kappa shape index (κ3) is 3.53. The van der Waals surface area contributed by atoms with Crippen molar-refractivity contribution in [3.63, 3.8) is 0 Å². The van der Waals surface area contributed by atoms with Gasteiger partial charge in [0.2, 0.25) is 10.0 Å². The zero-order valence-electron chi connectivity index (χ0n) is 10.2. The third-order valence-corrected chi connectivity index (χ3v) is 4.34. The first-order valence-electron chi connectivity index (χ1n) is 5.68. The minimum atomic E-state index is -3.60. The van der Waals surface area contributed by atoms with E-state index in [9.17, 15) is 8.42 Å². The Kier molecular flexibility index (Phi) is 4.19. The van der Waals surface area contributed by atoms with Crippen LogP contribution in [0.3, 0.4) is 0 Å². The van der Waals surface area contributed by atoms with Gasteiger partial charge >= 0.3 is 0 Å². The predicted octanol–water partition coefficient (Wildman–Crippen LogP) is 2.77. The van der Waals surface area contributed by atoms with Crippen molar-refractivity contribution in [2.75, 3.05) is 0 Å². The molecule has 0 saturated heterocycles. The van der Waals surface area contributed by atoms with Gasteiger partial charge in [0.1, 0.15) is 0 Å². The summed E-state index contributed by atoms with van der Waals surface area (Å²) in [6.07, 6.45) is 1.62. The summed E-state index contributed by atoms with van der Waals surface area (Å²) in [5.74, 6) is 0. The maximum Gasteiger partial charge on any atom is 0.241 e. The van der Waals surface area contributed by atoms with Crippen molar-refractivity contribution in [1.29, 1.82) is 0 Å². The fourth-order valence-corrected chi connectivity index (χ4v) is 3.14. The molecule has 0 bridgehead atoms. The van der Waals surface area contributed by atoms with Gasteiger partial charge in [-0.1, -0.05) is 23.7 Å². The van der Waals surface area contributed by atoms with E-state index in [1.807, 2.05) is 6.07 Å². The zero-order valence-corrected chi connectivity index (χ0v) is 11.8. The van der Waals surface area contributed by atoms with Crippen LogP contribution in [0.5, 0.6) is 0 Å². The first-order chi connectivity index (χ1) is 8.99. The van der Waals surface area contributed by atoms with Crippen molar-refractivity contribution < 1.29 is 8.42 Å². The van der Waals surface area contributed by atoms with E-state index < -0.39 is 16.1 Å². The second-order valence-electron chi connectivity index (χ2n) is 4.05. The van der Waals surface area contributed by atoms with E-state index in [2.05, 4.69) is 9.71 Å². The van der Waals surface area contributed by atoms with Crippen LogP contribution in [0, 0.1) is 0 Å². The highest BCUT2D eigenvalue weighted by Gasteiger charge is 2.18. The van der Waals surface area contributed by atoms with Crippen molar-refractivity contribution in [2.24, 2.45) is 0 Å². The summed E-state index contributed by atoms with van der Waals surface area (Å²) < 4.78 is 26.9. The van der Waals surface area contributed by atoms with Gasteiger partial charge in [0.05, 0.1) is 16.6 Å². The smallest absolute Gasteiger partial charge is 0.241 e. The Bertz CT molecular complexity index is 659. The topological polar surface area (TPSA) is 59.1 Å². The van der Waals surface area contributed by atoms with Gasteiger partial charge in [-0.25, -0.2) is 13.1 Å². The molecule has 100 valence electrons. The molecule has 6 heteroatoms. The molecule has 0 saturated carbocycles. The number of nitrogens with one attached hydrogen (secondary N) is 1. The van der Waals surface area contributed by atoms with Gasteiger partial charge in [-0.05, 0) is 37.3 Å². The molecule has 2 rings (SSSR count). The van der Waals surface area contributed by atoms with Crippen molar-refractivity contribution in [3.8, 4) is 0 Å². The normalized spacial score (nSPS) is 13.2. The molecular weight excluding hydrogens is 284 g/mol. The summed E-state index contributed by atoms with van der Waals surface area (Å²) in [7, 11) is -3.60. The van der Waals surface area contributed by atoms with Crippen LogP contribution in [-0.4, -0.2) is 13.4 Å². The Balaban J connectivity index is 2.23. The number of aromatic nitrogens is 1. The summed E-state index contributed by atoms with van der Waals surface area (Å²) in [5.41, 5.74) is 0.660. The number of nitrogens with zero attached hydrogens (tertiary/aromatic N) is 1. The molecule has 1 atom stereocenters. The highest BCUT2D eigenvalue weighted by Crippen LogP contribution is 2.18. The number of hydrogen-bond acceptors (Lipinski definition) is 3. The Hall–Kier alpha value is -1.43. The molecule has 0 radical (unpaired) electrons. The van der Waals surface area contributed by atoms with Crippen molar-refractivity contribution in [1.82, 2.24) is 9.71 Å². The van der Waals surface area contributed by atoms with Crippen molar-refractivity contribution in [3.05, 3.63) is 59.4 Å². The lowest BCUT2D eigenvalue weighted by Gasteiger charge is -2.13. The Labute approximate surface area is 117 Å². The van der Waals surface area contributed by atoms with Gasteiger partial charge < -0.3 is 0 Å².